The second-order valence-electron chi connectivity index (χ2n) is 6.55. The molecule has 1 saturated heterocycles. The molecule has 1 aromatic carbocycles. The van der Waals surface area contributed by atoms with Crippen molar-refractivity contribution in [3.05, 3.63) is 59.5 Å². The van der Waals surface area contributed by atoms with Gasteiger partial charge < -0.3 is 15.5 Å². The Kier molecular flexibility index (Phi) is 6.01. The second kappa shape index (κ2) is 8.62. The van der Waals surface area contributed by atoms with Crippen LogP contribution in [0.4, 0.5) is 10.2 Å². The van der Waals surface area contributed by atoms with Crippen LogP contribution in [0.15, 0.2) is 42.6 Å². The lowest BCUT2D eigenvalue weighted by Gasteiger charge is -2.17. The van der Waals surface area contributed by atoms with E-state index in [9.17, 15) is 14.0 Å². The number of benzene rings is 1. The van der Waals surface area contributed by atoms with Crippen molar-refractivity contribution in [1.82, 2.24) is 15.2 Å². The van der Waals surface area contributed by atoms with E-state index in [2.05, 4.69) is 15.6 Å². The van der Waals surface area contributed by atoms with Gasteiger partial charge in [-0.05, 0) is 43.2 Å². The molecule has 0 radical (unpaired) electrons. The van der Waals surface area contributed by atoms with E-state index in [4.69, 9.17) is 0 Å². The van der Waals surface area contributed by atoms with E-state index >= 15 is 0 Å². The number of pyridine rings is 1. The summed E-state index contributed by atoms with van der Waals surface area (Å²) in [7, 11) is 0. The molecule has 27 heavy (non-hydrogen) atoms. The number of hydrogen-bond donors (Lipinski definition) is 2. The molecule has 1 atom stereocenters. The molecule has 0 bridgehead atoms. The van der Waals surface area contributed by atoms with E-state index in [0.717, 1.165) is 5.56 Å². The number of hydrogen-bond acceptors (Lipinski definition) is 4. The van der Waals surface area contributed by atoms with Gasteiger partial charge in [0.15, 0.2) is 0 Å². The quantitative estimate of drug-likeness (QED) is 0.784. The predicted molar refractivity (Wildman–Crippen MR) is 101 cm³/mol. The van der Waals surface area contributed by atoms with Crippen molar-refractivity contribution < 1.29 is 14.0 Å². The van der Waals surface area contributed by atoms with Gasteiger partial charge >= 0.3 is 0 Å². The zero-order chi connectivity index (χ0) is 19.2. The normalized spacial score (nSPS) is 16.4. The third-order valence-corrected chi connectivity index (χ3v) is 4.51. The van der Waals surface area contributed by atoms with Crippen LogP contribution in [-0.4, -0.2) is 47.4 Å². The molecular formula is C20H23FN4O2. The average Bonchev–Trinajstić information content (AvgIpc) is 3.01. The summed E-state index contributed by atoms with van der Waals surface area (Å²) in [6.07, 6.45) is 2.62. The van der Waals surface area contributed by atoms with Crippen LogP contribution in [-0.2, 0) is 11.2 Å². The molecule has 2 heterocycles. The molecule has 0 saturated carbocycles. The fourth-order valence-electron chi connectivity index (χ4n) is 3.09. The summed E-state index contributed by atoms with van der Waals surface area (Å²) in [6, 6.07) is 9.79. The molecular weight excluding hydrogens is 347 g/mol. The summed E-state index contributed by atoms with van der Waals surface area (Å²) in [4.78, 5) is 30.0. The van der Waals surface area contributed by atoms with Crippen LogP contribution in [0.5, 0.6) is 0 Å². The van der Waals surface area contributed by atoms with E-state index in [0.29, 0.717) is 43.9 Å². The third-order valence-electron chi connectivity index (χ3n) is 4.51. The molecule has 1 fully saturated rings. The lowest BCUT2D eigenvalue weighted by atomic mass is 10.1. The fraction of sp³-hybridized carbons (Fsp3) is 0.350. The van der Waals surface area contributed by atoms with Crippen LogP contribution in [0.1, 0.15) is 29.3 Å². The van der Waals surface area contributed by atoms with E-state index in [-0.39, 0.29) is 23.7 Å². The summed E-state index contributed by atoms with van der Waals surface area (Å²) < 4.78 is 13.0. The van der Waals surface area contributed by atoms with Crippen molar-refractivity contribution in [3.8, 4) is 0 Å². The first-order chi connectivity index (χ1) is 13.0. The maximum Gasteiger partial charge on any atom is 0.252 e. The van der Waals surface area contributed by atoms with E-state index in [1.54, 1.807) is 24.3 Å². The van der Waals surface area contributed by atoms with Crippen molar-refractivity contribution in [3.63, 3.8) is 0 Å². The Morgan fingerprint density at radius 2 is 2.04 bits per heavy atom. The number of likely N-dealkylation sites (tertiary alicyclic amines) is 1. The number of nitrogens with zero attached hydrogens (tertiary/aromatic N) is 2. The van der Waals surface area contributed by atoms with Gasteiger partial charge in [0.05, 0.1) is 11.6 Å². The highest BCUT2D eigenvalue weighted by atomic mass is 19.1. The maximum atomic E-state index is 13.0. The minimum atomic E-state index is -0.258. The van der Waals surface area contributed by atoms with Crippen LogP contribution in [0.3, 0.4) is 0 Å². The first kappa shape index (κ1) is 18.8. The molecule has 2 amide bonds. The molecule has 7 heteroatoms. The van der Waals surface area contributed by atoms with Gasteiger partial charge in [-0.2, -0.15) is 0 Å². The Bertz CT molecular complexity index is 793. The first-order valence-corrected chi connectivity index (χ1v) is 9.08. The van der Waals surface area contributed by atoms with Gasteiger partial charge in [-0.25, -0.2) is 9.37 Å². The molecule has 1 aliphatic heterocycles. The monoisotopic (exact) mass is 370 g/mol. The Balaban J connectivity index is 1.51. The number of nitrogens with one attached hydrogen (secondary N) is 2. The summed E-state index contributed by atoms with van der Waals surface area (Å²) in [5, 5.41) is 5.98. The Labute approximate surface area is 157 Å². The van der Waals surface area contributed by atoms with Crippen LogP contribution < -0.4 is 10.6 Å². The summed E-state index contributed by atoms with van der Waals surface area (Å²) in [5.41, 5.74) is 1.51. The molecule has 2 aromatic rings. The first-order valence-electron chi connectivity index (χ1n) is 9.08. The SMILES string of the molecule is CCNC(=O)c1ccc(N[C@H]2CC(=O)N(CCc3ccc(F)cc3)C2)nc1. The zero-order valence-corrected chi connectivity index (χ0v) is 15.2. The number of aromatic nitrogens is 1. The van der Waals surface area contributed by atoms with Crippen molar-refractivity contribution in [2.45, 2.75) is 25.8 Å². The topological polar surface area (TPSA) is 74.3 Å². The number of carbonyl (C=O) groups excluding carboxylic acids is 2. The fourth-order valence-corrected chi connectivity index (χ4v) is 3.09. The Morgan fingerprint density at radius 1 is 1.26 bits per heavy atom. The standard InChI is InChI=1S/C20H23FN4O2/c1-2-22-20(27)15-5-8-18(23-12-15)24-17-11-19(26)25(13-17)10-9-14-3-6-16(21)7-4-14/h3-8,12,17H,2,9-11,13H2,1H3,(H,22,27)(H,23,24)/t17-/m0/s1. The minimum absolute atomic E-state index is 0.0199. The van der Waals surface area contributed by atoms with Gasteiger partial charge in [-0.15, -0.1) is 0 Å². The number of carbonyl (C=O) groups is 2. The molecule has 1 aromatic heterocycles. The molecule has 0 unspecified atom stereocenters. The van der Waals surface area contributed by atoms with Gasteiger partial charge in [-0.1, -0.05) is 12.1 Å². The number of rotatable bonds is 7. The highest BCUT2D eigenvalue weighted by Crippen LogP contribution is 2.17. The second-order valence-corrected chi connectivity index (χ2v) is 6.55. The van der Waals surface area contributed by atoms with Gasteiger partial charge in [0.1, 0.15) is 11.6 Å². The highest BCUT2D eigenvalue weighted by Gasteiger charge is 2.29. The van der Waals surface area contributed by atoms with Crippen LogP contribution in [0.25, 0.3) is 0 Å². The number of amides is 2. The van der Waals surface area contributed by atoms with E-state index in [1.165, 1.54) is 18.3 Å². The summed E-state index contributed by atoms with van der Waals surface area (Å²) >= 11 is 0. The van der Waals surface area contributed by atoms with E-state index < -0.39 is 0 Å². The summed E-state index contributed by atoms with van der Waals surface area (Å²) in [5.74, 6) is 0.320. The summed E-state index contributed by atoms with van der Waals surface area (Å²) in [6.45, 7) is 3.63. The molecule has 142 valence electrons. The largest absolute Gasteiger partial charge is 0.365 e. The Morgan fingerprint density at radius 3 is 2.70 bits per heavy atom. The van der Waals surface area contributed by atoms with Crippen LogP contribution in [0.2, 0.25) is 0 Å². The number of anilines is 1. The van der Waals surface area contributed by atoms with Crippen LogP contribution in [0, 0.1) is 5.82 Å². The smallest absolute Gasteiger partial charge is 0.252 e. The predicted octanol–water partition coefficient (Wildman–Crippen LogP) is 2.23. The third kappa shape index (κ3) is 5.03. The van der Waals surface area contributed by atoms with Gasteiger partial charge in [0.2, 0.25) is 5.91 Å². The van der Waals surface area contributed by atoms with Crippen molar-refractivity contribution >= 4 is 17.6 Å². The van der Waals surface area contributed by atoms with Crippen molar-refractivity contribution in [1.29, 1.82) is 0 Å². The van der Waals surface area contributed by atoms with Gasteiger partial charge in [0.25, 0.3) is 5.91 Å². The van der Waals surface area contributed by atoms with Crippen molar-refractivity contribution in [2.24, 2.45) is 0 Å². The minimum Gasteiger partial charge on any atom is -0.365 e. The number of halogens is 1. The van der Waals surface area contributed by atoms with Crippen molar-refractivity contribution in [2.75, 3.05) is 25.0 Å². The highest BCUT2D eigenvalue weighted by molar-refractivity contribution is 5.94. The van der Waals surface area contributed by atoms with Gasteiger partial charge in [-0.3, -0.25) is 9.59 Å². The maximum absolute atomic E-state index is 13.0. The molecule has 6 nitrogen and oxygen atoms in total. The Hall–Kier alpha value is -2.96. The molecule has 2 N–H and O–H groups in total. The zero-order valence-electron chi connectivity index (χ0n) is 15.2. The molecule has 3 rings (SSSR count). The van der Waals surface area contributed by atoms with E-state index in [1.807, 2.05) is 11.8 Å². The lowest BCUT2D eigenvalue weighted by Crippen LogP contribution is -2.30. The molecule has 1 aliphatic rings. The van der Waals surface area contributed by atoms with Crippen LogP contribution >= 0.6 is 0 Å². The average molecular weight is 370 g/mol. The van der Waals surface area contributed by atoms with Gasteiger partial charge in [0, 0.05) is 32.3 Å². The molecule has 0 aliphatic carbocycles. The lowest BCUT2D eigenvalue weighted by molar-refractivity contribution is -0.127. The molecule has 0 spiro atoms.